The van der Waals surface area contributed by atoms with E-state index in [2.05, 4.69) is 4.98 Å². The lowest BCUT2D eigenvalue weighted by atomic mass is 10.1. The van der Waals surface area contributed by atoms with Gasteiger partial charge in [-0.05, 0) is 19.9 Å². The predicted molar refractivity (Wildman–Crippen MR) is 99.9 cm³/mol. The third-order valence-corrected chi connectivity index (χ3v) is 4.38. The molecule has 1 aromatic heterocycles. The summed E-state index contributed by atoms with van der Waals surface area (Å²) in [5.41, 5.74) is 4.50. The van der Waals surface area contributed by atoms with Crippen molar-refractivity contribution in [3.8, 4) is 11.3 Å². The lowest BCUT2D eigenvalue weighted by Gasteiger charge is -2.09. The van der Waals surface area contributed by atoms with Gasteiger partial charge in [-0.2, -0.15) is 0 Å². The van der Waals surface area contributed by atoms with E-state index in [1.807, 2.05) is 47.9 Å². The molecule has 0 N–H and O–H groups in total. The Labute approximate surface area is 152 Å². The van der Waals surface area contributed by atoms with Gasteiger partial charge in [0.1, 0.15) is 0 Å². The summed E-state index contributed by atoms with van der Waals surface area (Å²) >= 11 is 0. The number of nitro benzene ring substituents is 1. The zero-order valence-electron chi connectivity index (χ0n) is 14.9. The van der Waals surface area contributed by atoms with Crippen LogP contribution in [-0.2, 0) is 17.9 Å². The van der Waals surface area contributed by atoms with E-state index in [0.717, 1.165) is 17.0 Å². The molecule has 0 atom stereocenters. The molecule has 0 amide bonds. The Kier molecular flexibility index (Phi) is 5.43. The molecule has 0 aliphatic carbocycles. The van der Waals surface area contributed by atoms with Gasteiger partial charge in [0.15, 0.2) is 0 Å². The summed E-state index contributed by atoms with van der Waals surface area (Å²) in [7, 11) is 0. The minimum Gasteiger partial charge on any atom is -0.375 e. The molecule has 0 spiro atoms. The van der Waals surface area contributed by atoms with Crippen LogP contribution in [0.1, 0.15) is 16.8 Å². The summed E-state index contributed by atoms with van der Waals surface area (Å²) in [6, 6.07) is 15.3. The fraction of sp³-hybridized carbons (Fsp3) is 0.250. The van der Waals surface area contributed by atoms with Crippen LogP contribution in [-0.4, -0.2) is 21.1 Å². The number of nitrogens with zero attached hydrogens (tertiary/aromatic N) is 3. The molecule has 0 bridgehead atoms. The number of ether oxygens (including phenoxy) is 1. The van der Waals surface area contributed by atoms with Crippen molar-refractivity contribution >= 4 is 5.69 Å². The molecule has 0 aliphatic rings. The van der Waals surface area contributed by atoms with Crippen molar-refractivity contribution in [2.45, 2.75) is 27.0 Å². The Morgan fingerprint density at radius 3 is 2.62 bits per heavy atom. The maximum atomic E-state index is 11.2. The second-order valence-corrected chi connectivity index (χ2v) is 6.13. The van der Waals surface area contributed by atoms with Crippen molar-refractivity contribution in [3.05, 3.63) is 81.8 Å². The highest BCUT2D eigenvalue weighted by molar-refractivity contribution is 5.61. The number of imidazole rings is 1. The minimum absolute atomic E-state index is 0.137. The van der Waals surface area contributed by atoms with Crippen LogP contribution in [0.3, 0.4) is 0 Å². The van der Waals surface area contributed by atoms with Crippen LogP contribution in [0.15, 0.2) is 54.9 Å². The Bertz CT molecular complexity index is 904. The molecule has 0 radical (unpaired) electrons. The summed E-state index contributed by atoms with van der Waals surface area (Å²) in [4.78, 5) is 15.4. The average molecular weight is 351 g/mol. The molecule has 1 heterocycles. The van der Waals surface area contributed by atoms with Crippen LogP contribution < -0.4 is 0 Å². The molecule has 0 aliphatic heterocycles. The number of rotatable bonds is 7. The molecule has 0 saturated heterocycles. The van der Waals surface area contributed by atoms with Gasteiger partial charge in [-0.15, -0.1) is 0 Å². The second kappa shape index (κ2) is 7.93. The third-order valence-electron chi connectivity index (χ3n) is 4.38. The summed E-state index contributed by atoms with van der Waals surface area (Å²) in [6.07, 6.45) is 1.80. The number of aromatic nitrogens is 2. The van der Waals surface area contributed by atoms with E-state index >= 15 is 0 Å². The van der Waals surface area contributed by atoms with E-state index in [1.54, 1.807) is 25.4 Å². The van der Waals surface area contributed by atoms with Gasteiger partial charge in [-0.3, -0.25) is 10.1 Å². The number of hydrogen-bond donors (Lipinski definition) is 0. The molecule has 0 fully saturated rings. The zero-order chi connectivity index (χ0) is 18.5. The van der Waals surface area contributed by atoms with Crippen LogP contribution in [0, 0.1) is 24.0 Å². The monoisotopic (exact) mass is 351 g/mol. The number of benzene rings is 2. The van der Waals surface area contributed by atoms with Gasteiger partial charge in [0, 0.05) is 23.4 Å². The summed E-state index contributed by atoms with van der Waals surface area (Å²) in [5, 5.41) is 11.2. The number of para-hydroxylation sites is 1. The van der Waals surface area contributed by atoms with E-state index in [0.29, 0.717) is 24.3 Å². The fourth-order valence-corrected chi connectivity index (χ4v) is 2.99. The average Bonchev–Trinajstić information content (AvgIpc) is 3.00. The summed E-state index contributed by atoms with van der Waals surface area (Å²) in [6.45, 7) is 5.08. The molecule has 6 heteroatoms. The SMILES string of the molecule is Cc1cccc(COCCn2cnc(-c3ccccc3)c2C)c1[N+](=O)[O-]. The molecular formula is C20H21N3O3. The molecule has 3 rings (SSSR count). The number of aryl methyl sites for hydroxylation is 1. The molecular weight excluding hydrogens is 330 g/mol. The molecule has 2 aromatic carbocycles. The van der Waals surface area contributed by atoms with Crippen molar-refractivity contribution in [2.24, 2.45) is 0 Å². The van der Waals surface area contributed by atoms with Crippen LogP contribution in [0.25, 0.3) is 11.3 Å². The van der Waals surface area contributed by atoms with Crippen molar-refractivity contribution in [1.82, 2.24) is 9.55 Å². The van der Waals surface area contributed by atoms with E-state index < -0.39 is 0 Å². The standard InChI is InChI=1S/C20H21N3O3/c1-15-7-6-10-18(20(15)23(24)25)13-26-12-11-22-14-21-19(16(22)2)17-8-4-3-5-9-17/h3-10,14H,11-13H2,1-2H3. The summed E-state index contributed by atoms with van der Waals surface area (Å²) < 4.78 is 7.72. The lowest BCUT2D eigenvalue weighted by Crippen LogP contribution is -2.08. The third kappa shape index (κ3) is 3.81. The normalized spacial score (nSPS) is 10.8. The van der Waals surface area contributed by atoms with Gasteiger partial charge in [-0.25, -0.2) is 4.98 Å². The van der Waals surface area contributed by atoms with E-state index in [9.17, 15) is 10.1 Å². The summed E-state index contributed by atoms with van der Waals surface area (Å²) in [5.74, 6) is 0. The largest absolute Gasteiger partial charge is 0.375 e. The number of hydrogen-bond acceptors (Lipinski definition) is 4. The van der Waals surface area contributed by atoms with Crippen molar-refractivity contribution < 1.29 is 9.66 Å². The van der Waals surface area contributed by atoms with Crippen LogP contribution in [0.5, 0.6) is 0 Å². The second-order valence-electron chi connectivity index (χ2n) is 6.13. The fourth-order valence-electron chi connectivity index (χ4n) is 2.99. The molecule has 6 nitrogen and oxygen atoms in total. The van der Waals surface area contributed by atoms with Crippen molar-refractivity contribution in [1.29, 1.82) is 0 Å². The Balaban J connectivity index is 1.61. The lowest BCUT2D eigenvalue weighted by molar-refractivity contribution is -0.386. The molecule has 0 unspecified atom stereocenters. The van der Waals surface area contributed by atoms with Crippen molar-refractivity contribution in [2.75, 3.05) is 6.61 Å². The van der Waals surface area contributed by atoms with Gasteiger partial charge >= 0.3 is 0 Å². The van der Waals surface area contributed by atoms with Gasteiger partial charge in [-0.1, -0.05) is 42.5 Å². The van der Waals surface area contributed by atoms with Crippen LogP contribution >= 0.6 is 0 Å². The highest BCUT2D eigenvalue weighted by Gasteiger charge is 2.16. The highest BCUT2D eigenvalue weighted by atomic mass is 16.6. The topological polar surface area (TPSA) is 70.2 Å². The Morgan fingerprint density at radius 2 is 1.88 bits per heavy atom. The van der Waals surface area contributed by atoms with Gasteiger partial charge in [0.2, 0.25) is 0 Å². The van der Waals surface area contributed by atoms with E-state index in [4.69, 9.17) is 4.74 Å². The highest BCUT2D eigenvalue weighted by Crippen LogP contribution is 2.24. The maximum absolute atomic E-state index is 11.2. The van der Waals surface area contributed by atoms with Crippen molar-refractivity contribution in [3.63, 3.8) is 0 Å². The quantitative estimate of drug-likeness (QED) is 0.362. The molecule has 26 heavy (non-hydrogen) atoms. The Hall–Kier alpha value is -2.99. The first-order chi connectivity index (χ1) is 12.6. The Morgan fingerprint density at radius 1 is 1.12 bits per heavy atom. The molecule has 134 valence electrons. The van der Waals surface area contributed by atoms with Crippen LogP contribution in [0.2, 0.25) is 0 Å². The smallest absolute Gasteiger partial charge is 0.277 e. The van der Waals surface area contributed by atoms with Gasteiger partial charge in [0.05, 0.1) is 35.7 Å². The van der Waals surface area contributed by atoms with E-state index in [1.165, 1.54) is 0 Å². The maximum Gasteiger partial charge on any atom is 0.277 e. The van der Waals surface area contributed by atoms with Gasteiger partial charge in [0.25, 0.3) is 5.69 Å². The predicted octanol–water partition coefficient (Wildman–Crippen LogP) is 4.29. The molecule has 3 aromatic rings. The first-order valence-electron chi connectivity index (χ1n) is 8.45. The van der Waals surface area contributed by atoms with Crippen LogP contribution in [0.4, 0.5) is 5.69 Å². The first kappa shape index (κ1) is 17.8. The molecule has 0 saturated carbocycles. The number of nitro groups is 1. The minimum atomic E-state index is -0.347. The van der Waals surface area contributed by atoms with Gasteiger partial charge < -0.3 is 9.30 Å². The first-order valence-corrected chi connectivity index (χ1v) is 8.45. The van der Waals surface area contributed by atoms with E-state index in [-0.39, 0.29) is 17.2 Å². The zero-order valence-corrected chi connectivity index (χ0v) is 14.9.